The van der Waals surface area contributed by atoms with Gasteiger partial charge in [0.1, 0.15) is 6.29 Å². The summed E-state index contributed by atoms with van der Waals surface area (Å²) in [6.45, 7) is 2.23. The number of hydrogen-bond donors (Lipinski definition) is 0. The third kappa shape index (κ3) is 17.4. The molecule has 0 radical (unpaired) electrons. The molecule has 0 amide bonds. The number of unbranched alkanes of at least 4 members (excludes halogenated alkanes) is 12. The van der Waals surface area contributed by atoms with Gasteiger partial charge in [-0.3, -0.25) is 0 Å². The standard InChI is InChI=1S/C18H34O/c1-2-3-4-5-6-7-8-9-10-11-12-13-14-15-16-17-18-19/h4-5,18H,2-3,6-17H2,1H3. The molecular formula is C18H34O. The summed E-state index contributed by atoms with van der Waals surface area (Å²) in [6.07, 6.45) is 23.6. The number of aldehydes is 1. The number of carbonyl (C=O) groups excluding carboxylic acids is 1. The van der Waals surface area contributed by atoms with Crippen molar-refractivity contribution >= 4 is 6.29 Å². The Morgan fingerprint density at radius 2 is 1.00 bits per heavy atom. The van der Waals surface area contributed by atoms with E-state index in [4.69, 9.17) is 0 Å². The SMILES string of the molecule is CCCC=CCCCCCCCCCCCCC=O. The number of allylic oxidation sites excluding steroid dienone is 2. The van der Waals surface area contributed by atoms with Gasteiger partial charge < -0.3 is 4.79 Å². The van der Waals surface area contributed by atoms with Crippen molar-refractivity contribution in [2.24, 2.45) is 0 Å². The van der Waals surface area contributed by atoms with Gasteiger partial charge >= 0.3 is 0 Å². The molecule has 0 spiro atoms. The van der Waals surface area contributed by atoms with Crippen LogP contribution in [0.4, 0.5) is 0 Å². The molecule has 0 heterocycles. The van der Waals surface area contributed by atoms with Crippen LogP contribution in [0, 0.1) is 0 Å². The zero-order valence-electron chi connectivity index (χ0n) is 13.0. The predicted octanol–water partition coefficient (Wildman–Crippen LogP) is 6.22. The molecule has 1 heteroatoms. The molecule has 0 aromatic rings. The van der Waals surface area contributed by atoms with E-state index in [1.165, 1.54) is 77.0 Å². The van der Waals surface area contributed by atoms with Crippen molar-refractivity contribution in [1.29, 1.82) is 0 Å². The van der Waals surface area contributed by atoms with Crippen molar-refractivity contribution in [3.63, 3.8) is 0 Å². The second kappa shape index (κ2) is 17.4. The summed E-state index contributed by atoms with van der Waals surface area (Å²) in [5, 5.41) is 0. The topological polar surface area (TPSA) is 17.1 Å². The van der Waals surface area contributed by atoms with Crippen molar-refractivity contribution in [2.75, 3.05) is 0 Å². The maximum atomic E-state index is 10.1. The Labute approximate surface area is 120 Å². The molecule has 0 saturated carbocycles. The lowest BCUT2D eigenvalue weighted by atomic mass is 10.1. The highest BCUT2D eigenvalue weighted by Gasteiger charge is 1.92. The highest BCUT2D eigenvalue weighted by molar-refractivity contribution is 5.48. The van der Waals surface area contributed by atoms with E-state index >= 15 is 0 Å². The van der Waals surface area contributed by atoms with Crippen LogP contribution in [0.25, 0.3) is 0 Å². The Bertz CT molecular complexity index is 196. The van der Waals surface area contributed by atoms with E-state index in [-0.39, 0.29) is 0 Å². The van der Waals surface area contributed by atoms with Crippen molar-refractivity contribution < 1.29 is 4.79 Å². The highest BCUT2D eigenvalue weighted by Crippen LogP contribution is 2.11. The third-order valence-corrected chi connectivity index (χ3v) is 3.56. The smallest absolute Gasteiger partial charge is 0.119 e. The fraction of sp³-hybridized carbons (Fsp3) is 0.833. The lowest BCUT2D eigenvalue weighted by molar-refractivity contribution is -0.107. The monoisotopic (exact) mass is 266 g/mol. The fourth-order valence-electron chi connectivity index (χ4n) is 2.31. The average Bonchev–Trinajstić information content (AvgIpc) is 2.43. The Balaban J connectivity index is 2.97. The van der Waals surface area contributed by atoms with Crippen LogP contribution in [0.15, 0.2) is 12.2 Å². The summed E-state index contributed by atoms with van der Waals surface area (Å²) in [7, 11) is 0. The lowest BCUT2D eigenvalue weighted by Crippen LogP contribution is -1.82. The molecule has 112 valence electrons. The molecule has 0 aliphatic rings. The molecule has 0 aliphatic carbocycles. The number of carbonyl (C=O) groups is 1. The zero-order valence-corrected chi connectivity index (χ0v) is 13.0. The molecular weight excluding hydrogens is 232 g/mol. The van der Waals surface area contributed by atoms with Gasteiger partial charge in [-0.05, 0) is 25.7 Å². The Hall–Kier alpha value is -0.590. The molecule has 0 aliphatic heterocycles. The van der Waals surface area contributed by atoms with E-state index in [2.05, 4.69) is 19.1 Å². The van der Waals surface area contributed by atoms with Crippen LogP contribution < -0.4 is 0 Å². The van der Waals surface area contributed by atoms with Gasteiger partial charge in [0.15, 0.2) is 0 Å². The average molecular weight is 266 g/mol. The minimum Gasteiger partial charge on any atom is -0.303 e. The van der Waals surface area contributed by atoms with Crippen molar-refractivity contribution in [2.45, 2.75) is 96.8 Å². The Morgan fingerprint density at radius 1 is 0.579 bits per heavy atom. The molecule has 0 rings (SSSR count). The van der Waals surface area contributed by atoms with Gasteiger partial charge in [-0.1, -0.05) is 76.9 Å². The molecule has 0 aromatic carbocycles. The minimum absolute atomic E-state index is 0.757. The van der Waals surface area contributed by atoms with Crippen LogP contribution in [0.3, 0.4) is 0 Å². The summed E-state index contributed by atoms with van der Waals surface area (Å²) < 4.78 is 0. The highest BCUT2D eigenvalue weighted by atomic mass is 16.1. The van der Waals surface area contributed by atoms with Crippen LogP contribution >= 0.6 is 0 Å². The Kier molecular flexibility index (Phi) is 16.9. The van der Waals surface area contributed by atoms with Crippen LogP contribution in [0.1, 0.15) is 96.8 Å². The minimum atomic E-state index is 0.757. The van der Waals surface area contributed by atoms with Crippen LogP contribution in [-0.2, 0) is 4.79 Å². The zero-order chi connectivity index (χ0) is 14.0. The van der Waals surface area contributed by atoms with Crippen molar-refractivity contribution in [3.05, 3.63) is 12.2 Å². The first kappa shape index (κ1) is 18.4. The second-order valence-electron chi connectivity index (χ2n) is 5.54. The molecule has 19 heavy (non-hydrogen) atoms. The summed E-state index contributed by atoms with van der Waals surface area (Å²) in [6, 6.07) is 0. The van der Waals surface area contributed by atoms with Gasteiger partial charge in [-0.2, -0.15) is 0 Å². The Morgan fingerprint density at radius 3 is 1.47 bits per heavy atom. The van der Waals surface area contributed by atoms with E-state index in [1.54, 1.807) is 0 Å². The van der Waals surface area contributed by atoms with Crippen LogP contribution in [-0.4, -0.2) is 6.29 Å². The van der Waals surface area contributed by atoms with E-state index in [0.29, 0.717) is 0 Å². The largest absolute Gasteiger partial charge is 0.303 e. The van der Waals surface area contributed by atoms with Gasteiger partial charge in [0, 0.05) is 6.42 Å². The molecule has 0 atom stereocenters. The summed E-state index contributed by atoms with van der Waals surface area (Å²) in [4.78, 5) is 10.1. The molecule has 0 N–H and O–H groups in total. The van der Waals surface area contributed by atoms with E-state index in [1.807, 2.05) is 0 Å². The maximum Gasteiger partial charge on any atom is 0.119 e. The van der Waals surface area contributed by atoms with Crippen molar-refractivity contribution in [1.82, 2.24) is 0 Å². The lowest BCUT2D eigenvalue weighted by Gasteiger charge is -2.01. The molecule has 0 aromatic heterocycles. The molecule has 0 unspecified atom stereocenters. The third-order valence-electron chi connectivity index (χ3n) is 3.56. The van der Waals surface area contributed by atoms with Crippen LogP contribution in [0.5, 0.6) is 0 Å². The number of hydrogen-bond acceptors (Lipinski definition) is 1. The summed E-state index contributed by atoms with van der Waals surface area (Å²) >= 11 is 0. The second-order valence-corrected chi connectivity index (χ2v) is 5.54. The normalized spacial score (nSPS) is 11.2. The quantitative estimate of drug-likeness (QED) is 0.195. The first-order valence-electron chi connectivity index (χ1n) is 8.50. The molecule has 0 bridgehead atoms. The van der Waals surface area contributed by atoms with Gasteiger partial charge in [0.05, 0.1) is 0 Å². The van der Waals surface area contributed by atoms with Gasteiger partial charge in [0.2, 0.25) is 0 Å². The summed E-state index contributed by atoms with van der Waals surface area (Å²) in [5.41, 5.74) is 0. The molecule has 0 saturated heterocycles. The van der Waals surface area contributed by atoms with Gasteiger partial charge in [0.25, 0.3) is 0 Å². The number of rotatable bonds is 15. The van der Waals surface area contributed by atoms with Crippen molar-refractivity contribution in [3.8, 4) is 0 Å². The maximum absolute atomic E-state index is 10.1. The van der Waals surface area contributed by atoms with Crippen LogP contribution in [0.2, 0.25) is 0 Å². The molecule has 0 fully saturated rings. The molecule has 1 nitrogen and oxygen atoms in total. The van der Waals surface area contributed by atoms with E-state index in [0.717, 1.165) is 19.1 Å². The van der Waals surface area contributed by atoms with E-state index < -0.39 is 0 Å². The predicted molar refractivity (Wildman–Crippen MR) is 85.5 cm³/mol. The fourth-order valence-corrected chi connectivity index (χ4v) is 2.31. The van der Waals surface area contributed by atoms with Gasteiger partial charge in [-0.15, -0.1) is 0 Å². The van der Waals surface area contributed by atoms with E-state index in [9.17, 15) is 4.79 Å². The van der Waals surface area contributed by atoms with Gasteiger partial charge in [-0.25, -0.2) is 0 Å². The first-order chi connectivity index (χ1) is 9.41. The first-order valence-corrected chi connectivity index (χ1v) is 8.50. The summed E-state index contributed by atoms with van der Waals surface area (Å²) in [5.74, 6) is 0.